The van der Waals surface area contributed by atoms with Crippen LogP contribution >= 0.6 is 0 Å². The lowest BCUT2D eigenvalue weighted by molar-refractivity contribution is -0.156. The van der Waals surface area contributed by atoms with E-state index in [2.05, 4.69) is 5.32 Å². The third kappa shape index (κ3) is 2.76. The Morgan fingerprint density at radius 3 is 2.52 bits per heavy atom. The lowest BCUT2D eigenvalue weighted by atomic mass is 9.76. The zero-order chi connectivity index (χ0) is 19.9. The number of carboxylic acids is 1. The van der Waals surface area contributed by atoms with Gasteiger partial charge in [-0.1, -0.05) is 37.6 Å². The first-order valence-corrected chi connectivity index (χ1v) is 9.37. The van der Waals surface area contributed by atoms with Gasteiger partial charge in [0.1, 0.15) is 0 Å². The normalized spacial score (nSPS) is 31.3. The van der Waals surface area contributed by atoms with Crippen molar-refractivity contribution in [2.45, 2.75) is 51.3 Å². The number of rotatable bonds is 6. The van der Waals surface area contributed by atoms with E-state index in [1.807, 2.05) is 38.1 Å². The SMILES string of the molecule is CCCCN1C(=O)C2C(c3ccccc3C)NC(C(=O)O)(C(C)O)C2C1=O. The van der Waals surface area contributed by atoms with Crippen LogP contribution in [0.5, 0.6) is 0 Å². The molecular weight excluding hydrogens is 348 g/mol. The zero-order valence-corrected chi connectivity index (χ0v) is 15.8. The molecule has 3 N–H and O–H groups in total. The molecule has 0 bridgehead atoms. The summed E-state index contributed by atoms with van der Waals surface area (Å²) in [7, 11) is 0. The number of aryl methyl sites for hydroxylation is 1. The monoisotopic (exact) mass is 374 g/mol. The van der Waals surface area contributed by atoms with Gasteiger partial charge in [0.25, 0.3) is 0 Å². The van der Waals surface area contributed by atoms with Crippen LogP contribution in [-0.4, -0.2) is 51.1 Å². The molecule has 3 rings (SSSR count). The number of carboxylic acid groups (broad SMARTS) is 1. The first-order chi connectivity index (χ1) is 12.8. The average Bonchev–Trinajstić information content (AvgIpc) is 3.10. The van der Waals surface area contributed by atoms with Crippen molar-refractivity contribution < 1.29 is 24.6 Å². The largest absolute Gasteiger partial charge is 0.480 e. The lowest BCUT2D eigenvalue weighted by Gasteiger charge is -2.33. The average molecular weight is 374 g/mol. The number of amides is 2. The van der Waals surface area contributed by atoms with Crippen LogP contribution in [-0.2, 0) is 14.4 Å². The molecule has 0 spiro atoms. The Balaban J connectivity index is 2.14. The summed E-state index contributed by atoms with van der Waals surface area (Å²) in [5, 5.41) is 23.4. The van der Waals surface area contributed by atoms with Crippen LogP contribution in [0.25, 0.3) is 0 Å². The molecular formula is C20H26N2O5. The zero-order valence-electron chi connectivity index (χ0n) is 15.8. The predicted molar refractivity (Wildman–Crippen MR) is 97.7 cm³/mol. The number of likely N-dealkylation sites (tertiary alicyclic amines) is 1. The Labute approximate surface area is 158 Å². The quantitative estimate of drug-likeness (QED) is 0.647. The molecule has 7 heteroatoms. The second-order valence-electron chi connectivity index (χ2n) is 7.51. The van der Waals surface area contributed by atoms with E-state index in [0.29, 0.717) is 6.42 Å². The van der Waals surface area contributed by atoms with E-state index in [1.54, 1.807) is 0 Å². The lowest BCUT2D eigenvalue weighted by Crippen LogP contribution is -2.62. The summed E-state index contributed by atoms with van der Waals surface area (Å²) in [5.74, 6) is -4.17. The second kappa shape index (κ2) is 7.05. The Hall–Kier alpha value is -2.25. The molecule has 146 valence electrons. The van der Waals surface area contributed by atoms with Gasteiger partial charge in [0.2, 0.25) is 11.8 Å². The number of fused-ring (bicyclic) bond motifs is 1. The summed E-state index contributed by atoms with van der Waals surface area (Å²) in [4.78, 5) is 39.6. The molecule has 0 aromatic heterocycles. The third-order valence-electron chi connectivity index (χ3n) is 5.96. The number of hydrogen-bond acceptors (Lipinski definition) is 5. The molecule has 2 heterocycles. The predicted octanol–water partition coefficient (Wildman–Crippen LogP) is 1.24. The number of carbonyl (C=O) groups excluding carboxylic acids is 2. The Bertz CT molecular complexity index is 777. The highest BCUT2D eigenvalue weighted by molar-refractivity contribution is 6.09. The fourth-order valence-electron chi connectivity index (χ4n) is 4.50. The van der Waals surface area contributed by atoms with Crippen LogP contribution in [0, 0.1) is 18.8 Å². The maximum atomic E-state index is 13.1. The number of imide groups is 1. The van der Waals surface area contributed by atoms with E-state index < -0.39 is 41.4 Å². The van der Waals surface area contributed by atoms with Gasteiger partial charge in [0, 0.05) is 12.6 Å². The molecule has 2 aliphatic rings. The highest BCUT2D eigenvalue weighted by Gasteiger charge is 2.70. The van der Waals surface area contributed by atoms with Gasteiger partial charge in [0.15, 0.2) is 5.54 Å². The van der Waals surface area contributed by atoms with Crippen LogP contribution in [0.2, 0.25) is 0 Å². The summed E-state index contributed by atoms with van der Waals surface area (Å²) in [6.07, 6.45) is 0.125. The third-order valence-corrected chi connectivity index (χ3v) is 5.96. The number of hydrogen-bond donors (Lipinski definition) is 3. The second-order valence-corrected chi connectivity index (χ2v) is 7.51. The highest BCUT2D eigenvalue weighted by atomic mass is 16.4. The van der Waals surface area contributed by atoms with E-state index in [-0.39, 0.29) is 12.5 Å². The van der Waals surface area contributed by atoms with Gasteiger partial charge in [-0.05, 0) is 31.4 Å². The molecule has 2 aliphatic heterocycles. The number of benzene rings is 1. The maximum absolute atomic E-state index is 13.1. The molecule has 7 nitrogen and oxygen atoms in total. The van der Waals surface area contributed by atoms with E-state index in [0.717, 1.165) is 17.5 Å². The summed E-state index contributed by atoms with van der Waals surface area (Å²) >= 11 is 0. The van der Waals surface area contributed by atoms with Crippen molar-refractivity contribution in [2.75, 3.05) is 6.54 Å². The molecule has 0 aliphatic carbocycles. The minimum absolute atomic E-state index is 0.275. The fraction of sp³-hybridized carbons (Fsp3) is 0.550. The molecule has 1 aromatic rings. The number of nitrogens with one attached hydrogen (secondary N) is 1. The maximum Gasteiger partial charge on any atom is 0.327 e. The summed E-state index contributed by atoms with van der Waals surface area (Å²) in [6, 6.07) is 6.74. The van der Waals surface area contributed by atoms with Gasteiger partial charge in [-0.15, -0.1) is 0 Å². The molecule has 5 unspecified atom stereocenters. The van der Waals surface area contributed by atoms with Crippen molar-refractivity contribution in [2.24, 2.45) is 11.8 Å². The van der Waals surface area contributed by atoms with Crippen molar-refractivity contribution in [3.8, 4) is 0 Å². The minimum Gasteiger partial charge on any atom is -0.480 e. The van der Waals surface area contributed by atoms with Crippen LogP contribution < -0.4 is 5.32 Å². The Morgan fingerprint density at radius 1 is 1.30 bits per heavy atom. The summed E-state index contributed by atoms with van der Waals surface area (Å²) in [5.41, 5.74) is -0.228. The first-order valence-electron chi connectivity index (χ1n) is 9.37. The minimum atomic E-state index is -1.90. The van der Waals surface area contributed by atoms with Crippen molar-refractivity contribution >= 4 is 17.8 Å². The van der Waals surface area contributed by atoms with Gasteiger partial charge in [-0.3, -0.25) is 24.6 Å². The van der Waals surface area contributed by atoms with Crippen LogP contribution in [0.4, 0.5) is 0 Å². The van der Waals surface area contributed by atoms with E-state index in [1.165, 1.54) is 11.8 Å². The molecule has 5 atom stereocenters. The molecule has 2 fully saturated rings. The van der Waals surface area contributed by atoms with Gasteiger partial charge in [0.05, 0.1) is 17.9 Å². The smallest absolute Gasteiger partial charge is 0.327 e. The fourth-order valence-corrected chi connectivity index (χ4v) is 4.50. The van der Waals surface area contributed by atoms with Crippen LogP contribution in [0.1, 0.15) is 43.9 Å². The highest BCUT2D eigenvalue weighted by Crippen LogP contribution is 2.50. The Morgan fingerprint density at radius 2 is 1.96 bits per heavy atom. The number of aliphatic hydroxyl groups is 1. The summed E-state index contributed by atoms with van der Waals surface area (Å²) in [6.45, 7) is 5.47. The van der Waals surface area contributed by atoms with E-state index in [4.69, 9.17) is 0 Å². The van der Waals surface area contributed by atoms with Gasteiger partial charge in [-0.25, -0.2) is 0 Å². The Kier molecular flexibility index (Phi) is 5.10. The number of aliphatic hydroxyl groups excluding tert-OH is 1. The number of unbranched alkanes of at least 4 members (excludes halogenated alkanes) is 1. The van der Waals surface area contributed by atoms with Crippen molar-refractivity contribution in [3.63, 3.8) is 0 Å². The van der Waals surface area contributed by atoms with Crippen molar-refractivity contribution in [1.29, 1.82) is 0 Å². The van der Waals surface area contributed by atoms with E-state index >= 15 is 0 Å². The van der Waals surface area contributed by atoms with Crippen LogP contribution in [0.3, 0.4) is 0 Å². The topological polar surface area (TPSA) is 107 Å². The molecule has 1 aromatic carbocycles. The molecule has 0 radical (unpaired) electrons. The standard InChI is InChI=1S/C20H26N2O5/c1-4-5-10-22-17(24)14-15(18(22)25)20(12(3)23,19(26)27)21-16(14)13-9-7-6-8-11(13)2/h6-9,12,14-16,21,23H,4-5,10H2,1-3H3,(H,26,27). The summed E-state index contributed by atoms with van der Waals surface area (Å²) < 4.78 is 0. The number of nitrogens with zero attached hydrogens (tertiary/aromatic N) is 1. The molecule has 2 amide bonds. The van der Waals surface area contributed by atoms with E-state index in [9.17, 15) is 24.6 Å². The molecule has 0 saturated carbocycles. The first kappa shape index (κ1) is 19.5. The number of aliphatic carboxylic acids is 1. The number of carbonyl (C=O) groups is 3. The van der Waals surface area contributed by atoms with Crippen molar-refractivity contribution in [3.05, 3.63) is 35.4 Å². The van der Waals surface area contributed by atoms with Gasteiger partial charge >= 0.3 is 5.97 Å². The van der Waals surface area contributed by atoms with Crippen molar-refractivity contribution in [1.82, 2.24) is 10.2 Å². The molecule has 2 saturated heterocycles. The van der Waals surface area contributed by atoms with Gasteiger partial charge < -0.3 is 10.2 Å². The van der Waals surface area contributed by atoms with Crippen LogP contribution in [0.15, 0.2) is 24.3 Å². The molecule has 27 heavy (non-hydrogen) atoms. The van der Waals surface area contributed by atoms with Gasteiger partial charge in [-0.2, -0.15) is 0 Å².